The average molecular weight is 419 g/mol. The highest BCUT2D eigenvalue weighted by atomic mass is 32.1. The molecule has 0 spiro atoms. The third-order valence-electron chi connectivity index (χ3n) is 5.33. The van der Waals surface area contributed by atoms with Gasteiger partial charge in [-0.05, 0) is 44.7 Å². The Balaban J connectivity index is 1.70. The van der Waals surface area contributed by atoms with Crippen molar-refractivity contribution in [2.45, 2.75) is 39.2 Å². The number of aldehydes is 1. The minimum Gasteiger partial charge on any atom is -0.313 e. The first-order valence-electron chi connectivity index (χ1n) is 10.0. The minimum atomic E-state index is -0.373. The van der Waals surface area contributed by atoms with E-state index in [1.54, 1.807) is 24.3 Å². The van der Waals surface area contributed by atoms with E-state index in [0.29, 0.717) is 21.5 Å². The number of hydrogen-bond acceptors (Lipinski definition) is 4. The summed E-state index contributed by atoms with van der Waals surface area (Å²) in [5.74, 6) is -0.368. The summed E-state index contributed by atoms with van der Waals surface area (Å²) in [5, 5.41) is 0. The number of rotatable bonds is 5. The number of benzene rings is 2. The SMILES string of the molecule is Cc1ccc(C(=O)Cn2c3c(sc2=NC(=O)c2ccc(C=O)cc2)CCCC3)cc1. The van der Waals surface area contributed by atoms with Crippen molar-refractivity contribution in [3.8, 4) is 0 Å². The Hall–Kier alpha value is -3.12. The van der Waals surface area contributed by atoms with Gasteiger partial charge in [0.2, 0.25) is 0 Å². The first-order chi connectivity index (χ1) is 14.5. The van der Waals surface area contributed by atoms with Gasteiger partial charge in [0.05, 0.1) is 6.54 Å². The number of aryl methyl sites for hydroxylation is 2. The Labute approximate surface area is 178 Å². The monoisotopic (exact) mass is 418 g/mol. The highest BCUT2D eigenvalue weighted by molar-refractivity contribution is 7.09. The van der Waals surface area contributed by atoms with E-state index in [1.165, 1.54) is 16.2 Å². The van der Waals surface area contributed by atoms with E-state index >= 15 is 0 Å². The first kappa shape index (κ1) is 20.2. The second-order valence-electron chi connectivity index (χ2n) is 7.49. The maximum absolute atomic E-state index is 12.9. The van der Waals surface area contributed by atoms with Crippen LogP contribution in [0.4, 0.5) is 0 Å². The molecule has 5 nitrogen and oxygen atoms in total. The Morgan fingerprint density at radius 3 is 2.37 bits per heavy atom. The quantitative estimate of drug-likeness (QED) is 0.461. The van der Waals surface area contributed by atoms with Gasteiger partial charge in [-0.25, -0.2) is 0 Å². The van der Waals surface area contributed by atoms with Crippen molar-refractivity contribution < 1.29 is 14.4 Å². The number of Topliss-reactive ketones (excluding diaryl/α,β-unsaturated/α-hetero) is 1. The molecule has 1 aliphatic carbocycles. The number of ketones is 1. The maximum atomic E-state index is 12.9. The van der Waals surface area contributed by atoms with Gasteiger partial charge in [-0.15, -0.1) is 11.3 Å². The molecule has 1 amide bonds. The first-order valence-corrected chi connectivity index (χ1v) is 10.8. The van der Waals surface area contributed by atoms with Gasteiger partial charge in [0.15, 0.2) is 10.6 Å². The van der Waals surface area contributed by atoms with Gasteiger partial charge in [-0.2, -0.15) is 4.99 Å². The van der Waals surface area contributed by atoms with Gasteiger partial charge in [0, 0.05) is 27.3 Å². The van der Waals surface area contributed by atoms with Crippen LogP contribution in [-0.2, 0) is 19.4 Å². The summed E-state index contributed by atoms with van der Waals surface area (Å²) in [6.07, 6.45) is 4.77. The van der Waals surface area contributed by atoms with Crippen molar-refractivity contribution in [1.82, 2.24) is 4.57 Å². The van der Waals surface area contributed by atoms with Crippen LogP contribution in [0.3, 0.4) is 0 Å². The van der Waals surface area contributed by atoms with E-state index in [2.05, 4.69) is 4.99 Å². The molecule has 0 saturated carbocycles. The summed E-state index contributed by atoms with van der Waals surface area (Å²) in [7, 11) is 0. The average Bonchev–Trinajstić information content (AvgIpc) is 3.11. The molecule has 0 fully saturated rings. The Kier molecular flexibility index (Phi) is 5.86. The molecule has 152 valence electrons. The Morgan fingerprint density at radius 2 is 1.67 bits per heavy atom. The molecule has 0 atom stereocenters. The van der Waals surface area contributed by atoms with Crippen LogP contribution in [-0.4, -0.2) is 22.5 Å². The number of thiazole rings is 1. The van der Waals surface area contributed by atoms with E-state index in [9.17, 15) is 14.4 Å². The molecule has 0 saturated heterocycles. The van der Waals surface area contributed by atoms with Crippen molar-refractivity contribution in [2.75, 3.05) is 0 Å². The van der Waals surface area contributed by atoms with E-state index in [4.69, 9.17) is 0 Å². The van der Waals surface area contributed by atoms with Crippen molar-refractivity contribution in [1.29, 1.82) is 0 Å². The maximum Gasteiger partial charge on any atom is 0.279 e. The Morgan fingerprint density at radius 1 is 1.00 bits per heavy atom. The number of hydrogen-bond donors (Lipinski definition) is 0. The molecular weight excluding hydrogens is 396 g/mol. The number of nitrogens with zero attached hydrogens (tertiary/aromatic N) is 2. The summed E-state index contributed by atoms with van der Waals surface area (Å²) in [6, 6.07) is 13.9. The van der Waals surface area contributed by atoms with Gasteiger partial charge in [0.1, 0.15) is 6.29 Å². The van der Waals surface area contributed by atoms with E-state index in [0.717, 1.165) is 43.2 Å². The zero-order valence-electron chi connectivity index (χ0n) is 16.8. The van der Waals surface area contributed by atoms with Crippen LogP contribution in [0.15, 0.2) is 53.5 Å². The molecule has 1 aliphatic rings. The predicted molar refractivity (Wildman–Crippen MR) is 116 cm³/mol. The van der Waals surface area contributed by atoms with Gasteiger partial charge in [0.25, 0.3) is 5.91 Å². The van der Waals surface area contributed by atoms with Gasteiger partial charge in [-0.3, -0.25) is 14.4 Å². The fourth-order valence-electron chi connectivity index (χ4n) is 3.61. The number of carbonyl (C=O) groups is 3. The van der Waals surface area contributed by atoms with Crippen molar-refractivity contribution in [3.05, 3.63) is 86.2 Å². The van der Waals surface area contributed by atoms with Crippen LogP contribution in [0, 0.1) is 6.92 Å². The van der Waals surface area contributed by atoms with E-state index in [-0.39, 0.29) is 18.2 Å². The molecule has 0 aliphatic heterocycles. The molecule has 1 aromatic heterocycles. The van der Waals surface area contributed by atoms with E-state index < -0.39 is 0 Å². The molecule has 0 N–H and O–H groups in total. The minimum absolute atomic E-state index is 0.00501. The molecule has 0 bridgehead atoms. The third-order valence-corrected chi connectivity index (χ3v) is 6.51. The second kappa shape index (κ2) is 8.71. The van der Waals surface area contributed by atoms with Crippen LogP contribution in [0.2, 0.25) is 0 Å². The summed E-state index contributed by atoms with van der Waals surface area (Å²) in [4.78, 5) is 42.6. The Bertz CT molecular complexity index is 1170. The molecule has 3 aromatic rings. The molecule has 30 heavy (non-hydrogen) atoms. The standard InChI is InChI=1S/C24H22N2O3S/c1-16-6-10-18(11-7-16)21(28)14-26-20-4-2-3-5-22(20)30-24(26)25-23(29)19-12-8-17(15-27)9-13-19/h6-13,15H,2-5,14H2,1H3. The lowest BCUT2D eigenvalue weighted by molar-refractivity contribution is 0.0961. The normalized spacial score (nSPS) is 13.7. The number of aromatic nitrogens is 1. The van der Waals surface area contributed by atoms with Crippen molar-refractivity contribution >= 4 is 29.3 Å². The molecular formula is C24H22N2O3S. The third kappa shape index (κ3) is 4.24. The largest absolute Gasteiger partial charge is 0.313 e. The number of fused-ring (bicyclic) bond motifs is 1. The zero-order valence-corrected chi connectivity index (χ0v) is 17.6. The van der Waals surface area contributed by atoms with Gasteiger partial charge in [-0.1, -0.05) is 42.0 Å². The smallest absolute Gasteiger partial charge is 0.279 e. The molecule has 4 rings (SSSR count). The number of amides is 1. The van der Waals surface area contributed by atoms with E-state index in [1.807, 2.05) is 35.8 Å². The van der Waals surface area contributed by atoms with Crippen LogP contribution in [0.5, 0.6) is 0 Å². The lowest BCUT2D eigenvalue weighted by Gasteiger charge is -2.14. The highest BCUT2D eigenvalue weighted by Crippen LogP contribution is 2.24. The molecule has 2 aromatic carbocycles. The van der Waals surface area contributed by atoms with Crippen LogP contribution in [0.25, 0.3) is 0 Å². The fraction of sp³-hybridized carbons (Fsp3) is 0.250. The van der Waals surface area contributed by atoms with Gasteiger partial charge >= 0.3 is 0 Å². The topological polar surface area (TPSA) is 68.5 Å². The van der Waals surface area contributed by atoms with Crippen molar-refractivity contribution in [2.24, 2.45) is 4.99 Å². The van der Waals surface area contributed by atoms with Gasteiger partial charge < -0.3 is 4.57 Å². The summed E-state index contributed by atoms with van der Waals surface area (Å²) in [6.45, 7) is 2.16. The highest BCUT2D eigenvalue weighted by Gasteiger charge is 2.20. The van der Waals surface area contributed by atoms with Crippen LogP contribution in [0.1, 0.15) is 60.1 Å². The van der Waals surface area contributed by atoms with Crippen LogP contribution < -0.4 is 4.80 Å². The molecule has 1 heterocycles. The predicted octanol–water partition coefficient (Wildman–Crippen LogP) is 4.17. The fourth-order valence-corrected chi connectivity index (χ4v) is 4.82. The molecule has 0 unspecified atom stereocenters. The lowest BCUT2D eigenvalue weighted by Crippen LogP contribution is -2.24. The van der Waals surface area contributed by atoms with Crippen molar-refractivity contribution in [3.63, 3.8) is 0 Å². The zero-order chi connectivity index (χ0) is 21.1. The molecule has 6 heteroatoms. The van der Waals surface area contributed by atoms with Crippen LogP contribution >= 0.6 is 11.3 Å². The number of carbonyl (C=O) groups excluding carboxylic acids is 3. The summed E-state index contributed by atoms with van der Waals surface area (Å²) < 4.78 is 1.92. The second-order valence-corrected chi connectivity index (χ2v) is 8.56. The summed E-state index contributed by atoms with van der Waals surface area (Å²) >= 11 is 1.50. The summed E-state index contributed by atoms with van der Waals surface area (Å²) in [5.41, 5.74) is 3.81. The molecule has 0 radical (unpaired) electrons. The lowest BCUT2D eigenvalue weighted by atomic mass is 10.0.